The molecule has 1 N–H and O–H groups in total. The van der Waals surface area contributed by atoms with Crippen LogP contribution in [0.2, 0.25) is 0 Å². The van der Waals surface area contributed by atoms with Gasteiger partial charge in [0.05, 0.1) is 6.26 Å². The molecule has 114 valence electrons. The molecule has 1 aliphatic rings. The molecule has 9 heteroatoms. The van der Waals surface area contributed by atoms with E-state index >= 15 is 0 Å². The van der Waals surface area contributed by atoms with E-state index in [1.165, 1.54) is 15.6 Å². The standard InChI is InChI=1S/C11H18N2O4S3/c1-19(14,15)12-8-10-4-2-6-13(9-10)20(16,17)11-5-3-7-18-11/h3,5,7,10,12H,2,4,6,8-9H2,1H3. The second-order valence-corrected chi connectivity index (χ2v) is 9.87. The maximum absolute atomic E-state index is 12.4. The maximum atomic E-state index is 12.4. The molecule has 0 radical (unpaired) electrons. The van der Waals surface area contributed by atoms with Gasteiger partial charge in [0.25, 0.3) is 10.0 Å². The summed E-state index contributed by atoms with van der Waals surface area (Å²) < 4.78 is 51.2. The summed E-state index contributed by atoms with van der Waals surface area (Å²) in [5, 5.41) is 1.74. The second-order valence-electron chi connectivity index (χ2n) is 4.92. The quantitative estimate of drug-likeness (QED) is 0.856. The van der Waals surface area contributed by atoms with Crippen LogP contribution in [0.1, 0.15) is 12.8 Å². The predicted octanol–water partition coefficient (Wildman–Crippen LogP) is 0.698. The molecule has 1 aromatic heterocycles. The van der Waals surface area contributed by atoms with Crippen LogP contribution < -0.4 is 4.72 Å². The van der Waals surface area contributed by atoms with Crippen LogP contribution in [-0.4, -0.2) is 47.0 Å². The Bertz CT molecular complexity index is 637. The molecule has 0 bridgehead atoms. The molecule has 1 atom stereocenters. The summed E-state index contributed by atoms with van der Waals surface area (Å²) in [6, 6.07) is 3.31. The fourth-order valence-corrected chi connectivity index (χ4v) is 5.46. The summed E-state index contributed by atoms with van der Waals surface area (Å²) in [7, 11) is -6.67. The highest BCUT2D eigenvalue weighted by molar-refractivity contribution is 7.91. The molecule has 0 spiro atoms. The number of piperidine rings is 1. The van der Waals surface area contributed by atoms with Crippen LogP contribution in [0.15, 0.2) is 21.7 Å². The first-order valence-electron chi connectivity index (χ1n) is 6.27. The van der Waals surface area contributed by atoms with Crippen molar-refractivity contribution in [2.45, 2.75) is 17.1 Å². The fourth-order valence-electron chi connectivity index (χ4n) is 2.22. The largest absolute Gasteiger partial charge is 0.252 e. The minimum atomic E-state index is -3.43. The Labute approximate surface area is 123 Å². The molecule has 2 heterocycles. The van der Waals surface area contributed by atoms with Gasteiger partial charge in [-0.05, 0) is 30.2 Å². The lowest BCUT2D eigenvalue weighted by Gasteiger charge is -2.31. The summed E-state index contributed by atoms with van der Waals surface area (Å²) >= 11 is 1.20. The molecule has 1 saturated heterocycles. The zero-order valence-corrected chi connectivity index (χ0v) is 13.6. The Morgan fingerprint density at radius 1 is 1.40 bits per heavy atom. The van der Waals surface area contributed by atoms with E-state index in [-0.39, 0.29) is 12.5 Å². The predicted molar refractivity (Wildman–Crippen MR) is 78.6 cm³/mol. The van der Waals surface area contributed by atoms with Crippen LogP contribution in [0, 0.1) is 5.92 Å². The molecule has 0 amide bonds. The van der Waals surface area contributed by atoms with Gasteiger partial charge >= 0.3 is 0 Å². The van der Waals surface area contributed by atoms with E-state index in [1.807, 2.05) is 0 Å². The third kappa shape index (κ3) is 4.01. The molecular formula is C11H18N2O4S3. The van der Waals surface area contributed by atoms with E-state index in [0.29, 0.717) is 17.3 Å². The minimum Gasteiger partial charge on any atom is -0.215 e. The van der Waals surface area contributed by atoms with E-state index in [9.17, 15) is 16.8 Å². The van der Waals surface area contributed by atoms with Crippen molar-refractivity contribution in [2.75, 3.05) is 25.9 Å². The van der Waals surface area contributed by atoms with Gasteiger partial charge in [-0.3, -0.25) is 0 Å². The lowest BCUT2D eigenvalue weighted by Crippen LogP contribution is -2.43. The minimum absolute atomic E-state index is 0.0215. The average Bonchev–Trinajstić information content (AvgIpc) is 2.90. The van der Waals surface area contributed by atoms with Crippen LogP contribution in [0.25, 0.3) is 0 Å². The van der Waals surface area contributed by atoms with Crippen molar-refractivity contribution in [3.05, 3.63) is 17.5 Å². The van der Waals surface area contributed by atoms with Gasteiger partial charge in [-0.15, -0.1) is 11.3 Å². The van der Waals surface area contributed by atoms with E-state index < -0.39 is 20.0 Å². The molecular weight excluding hydrogens is 320 g/mol. The summed E-state index contributed by atoms with van der Waals surface area (Å²) in [5.74, 6) is 0.0215. The number of rotatable bonds is 5. The second kappa shape index (κ2) is 6.10. The first-order chi connectivity index (χ1) is 9.29. The Kier molecular flexibility index (Phi) is 4.85. The molecule has 0 aromatic carbocycles. The van der Waals surface area contributed by atoms with Gasteiger partial charge < -0.3 is 0 Å². The molecule has 1 aromatic rings. The van der Waals surface area contributed by atoms with Crippen molar-refractivity contribution < 1.29 is 16.8 Å². The monoisotopic (exact) mass is 338 g/mol. The Morgan fingerprint density at radius 2 is 2.15 bits per heavy atom. The average molecular weight is 338 g/mol. The highest BCUT2D eigenvalue weighted by Crippen LogP contribution is 2.26. The van der Waals surface area contributed by atoms with Gasteiger partial charge in [0.15, 0.2) is 0 Å². The van der Waals surface area contributed by atoms with Gasteiger partial charge in [-0.1, -0.05) is 6.07 Å². The number of nitrogens with one attached hydrogen (secondary N) is 1. The Hall–Kier alpha value is -0.480. The third-order valence-corrected chi connectivity index (χ3v) is 7.13. The fraction of sp³-hybridized carbons (Fsp3) is 0.636. The van der Waals surface area contributed by atoms with E-state index in [2.05, 4.69) is 4.72 Å². The van der Waals surface area contributed by atoms with Gasteiger partial charge in [-0.25, -0.2) is 21.6 Å². The smallest absolute Gasteiger partial charge is 0.215 e. The van der Waals surface area contributed by atoms with Gasteiger partial charge in [0, 0.05) is 19.6 Å². The first-order valence-corrected chi connectivity index (χ1v) is 10.5. The Balaban J connectivity index is 2.04. The van der Waals surface area contributed by atoms with E-state index in [4.69, 9.17) is 0 Å². The van der Waals surface area contributed by atoms with Gasteiger partial charge in [-0.2, -0.15) is 4.31 Å². The number of hydrogen-bond acceptors (Lipinski definition) is 5. The number of sulfonamides is 2. The van der Waals surface area contributed by atoms with Gasteiger partial charge in [0.2, 0.25) is 10.0 Å². The molecule has 6 nitrogen and oxygen atoms in total. The molecule has 20 heavy (non-hydrogen) atoms. The van der Waals surface area contributed by atoms with Crippen molar-refractivity contribution in [1.82, 2.24) is 9.03 Å². The normalized spacial score (nSPS) is 21.9. The number of hydrogen-bond donors (Lipinski definition) is 1. The Morgan fingerprint density at radius 3 is 2.75 bits per heavy atom. The highest BCUT2D eigenvalue weighted by Gasteiger charge is 2.30. The summed E-state index contributed by atoms with van der Waals surface area (Å²) in [6.07, 6.45) is 2.69. The number of thiophene rings is 1. The summed E-state index contributed by atoms with van der Waals surface area (Å²) in [5.41, 5.74) is 0. The molecule has 0 saturated carbocycles. The molecule has 1 aliphatic heterocycles. The lowest BCUT2D eigenvalue weighted by molar-refractivity contribution is 0.268. The highest BCUT2D eigenvalue weighted by atomic mass is 32.2. The molecule has 2 rings (SSSR count). The van der Waals surface area contributed by atoms with Crippen LogP contribution >= 0.6 is 11.3 Å². The van der Waals surface area contributed by atoms with E-state index in [1.54, 1.807) is 17.5 Å². The van der Waals surface area contributed by atoms with Crippen LogP contribution in [0.5, 0.6) is 0 Å². The van der Waals surface area contributed by atoms with Crippen LogP contribution in [0.4, 0.5) is 0 Å². The lowest BCUT2D eigenvalue weighted by atomic mass is 10.0. The number of nitrogens with zero attached hydrogens (tertiary/aromatic N) is 1. The maximum Gasteiger partial charge on any atom is 0.252 e. The van der Waals surface area contributed by atoms with Gasteiger partial charge in [0.1, 0.15) is 4.21 Å². The first kappa shape index (κ1) is 15.9. The summed E-state index contributed by atoms with van der Waals surface area (Å²) in [4.78, 5) is 0. The summed E-state index contributed by atoms with van der Waals surface area (Å²) in [6.45, 7) is 1.15. The molecule has 1 unspecified atom stereocenters. The third-order valence-electron chi connectivity index (χ3n) is 3.21. The zero-order valence-electron chi connectivity index (χ0n) is 11.1. The zero-order chi connectivity index (χ0) is 14.8. The van der Waals surface area contributed by atoms with Crippen LogP contribution in [0.3, 0.4) is 0 Å². The molecule has 0 aliphatic carbocycles. The van der Waals surface area contributed by atoms with Crippen molar-refractivity contribution in [3.8, 4) is 0 Å². The van der Waals surface area contributed by atoms with E-state index in [0.717, 1.165) is 19.1 Å². The van der Waals surface area contributed by atoms with Crippen molar-refractivity contribution >= 4 is 31.4 Å². The van der Waals surface area contributed by atoms with Crippen molar-refractivity contribution in [1.29, 1.82) is 0 Å². The SMILES string of the molecule is CS(=O)(=O)NCC1CCCN(S(=O)(=O)c2cccs2)C1. The van der Waals surface area contributed by atoms with Crippen molar-refractivity contribution in [2.24, 2.45) is 5.92 Å². The molecule has 1 fully saturated rings. The van der Waals surface area contributed by atoms with Crippen LogP contribution in [-0.2, 0) is 20.0 Å². The van der Waals surface area contributed by atoms with Crippen molar-refractivity contribution in [3.63, 3.8) is 0 Å². The topological polar surface area (TPSA) is 83.6 Å².